The number of thiophene rings is 1. The fraction of sp³-hybridized carbons (Fsp3) is 0.435. The van der Waals surface area contributed by atoms with Crippen molar-refractivity contribution in [1.82, 2.24) is 19.7 Å². The summed E-state index contributed by atoms with van der Waals surface area (Å²) < 4.78 is 7.64. The summed E-state index contributed by atoms with van der Waals surface area (Å²) in [7, 11) is 0. The molecule has 0 bridgehead atoms. The molecule has 168 valence electrons. The molecule has 32 heavy (non-hydrogen) atoms. The number of anilines is 1. The summed E-state index contributed by atoms with van der Waals surface area (Å²) in [6.07, 6.45) is 3.11. The highest BCUT2D eigenvalue weighted by molar-refractivity contribution is 7.99. The quantitative estimate of drug-likeness (QED) is 0.480. The molecule has 1 aliphatic carbocycles. The Kier molecular flexibility index (Phi) is 6.87. The molecular weight excluding hydrogens is 442 g/mol. The van der Waals surface area contributed by atoms with E-state index >= 15 is 0 Å². The van der Waals surface area contributed by atoms with Crippen LogP contribution in [0.3, 0.4) is 0 Å². The van der Waals surface area contributed by atoms with Gasteiger partial charge in [-0.1, -0.05) is 30.0 Å². The fourth-order valence-corrected chi connectivity index (χ4v) is 5.36. The Morgan fingerprint density at radius 2 is 1.97 bits per heavy atom. The lowest BCUT2D eigenvalue weighted by Gasteiger charge is -2.26. The number of hydrogen-bond donors (Lipinski definition) is 1. The smallest absolute Gasteiger partial charge is 0.234 e. The van der Waals surface area contributed by atoms with E-state index < -0.39 is 0 Å². The van der Waals surface area contributed by atoms with Gasteiger partial charge in [0.25, 0.3) is 0 Å². The van der Waals surface area contributed by atoms with E-state index in [9.17, 15) is 4.79 Å². The third kappa shape index (κ3) is 5.58. The Hall–Kier alpha value is -2.20. The van der Waals surface area contributed by atoms with Crippen molar-refractivity contribution in [2.75, 3.05) is 37.4 Å². The third-order valence-electron chi connectivity index (χ3n) is 5.64. The Morgan fingerprint density at radius 1 is 1.16 bits per heavy atom. The molecule has 1 amide bonds. The minimum Gasteiger partial charge on any atom is -0.379 e. The Morgan fingerprint density at radius 3 is 2.69 bits per heavy atom. The van der Waals surface area contributed by atoms with Crippen LogP contribution in [0.4, 0.5) is 5.69 Å². The molecule has 1 N–H and O–H groups in total. The molecule has 2 fully saturated rings. The van der Waals surface area contributed by atoms with E-state index in [0.29, 0.717) is 11.8 Å². The number of carbonyl (C=O) groups excluding carboxylic acids is 1. The van der Waals surface area contributed by atoms with Crippen LogP contribution in [0.2, 0.25) is 0 Å². The Bertz CT molecular complexity index is 1030. The van der Waals surface area contributed by atoms with E-state index in [1.54, 1.807) is 11.3 Å². The average molecular weight is 470 g/mol. The topological polar surface area (TPSA) is 72.3 Å². The number of hydrogen-bond acceptors (Lipinski definition) is 7. The molecule has 1 saturated carbocycles. The van der Waals surface area contributed by atoms with Gasteiger partial charge in [-0.3, -0.25) is 9.69 Å². The summed E-state index contributed by atoms with van der Waals surface area (Å²) in [6.45, 7) is 4.45. The predicted octanol–water partition coefficient (Wildman–Crippen LogP) is 3.83. The van der Waals surface area contributed by atoms with E-state index in [4.69, 9.17) is 4.74 Å². The van der Waals surface area contributed by atoms with Crippen LogP contribution >= 0.6 is 23.1 Å². The SMILES string of the molecule is O=C(CSc1nnc(Cc2cccs2)n1C1CC1)Nc1ccc(CN2CCOCC2)cc1. The van der Waals surface area contributed by atoms with Gasteiger partial charge in [-0.05, 0) is 42.0 Å². The largest absolute Gasteiger partial charge is 0.379 e. The third-order valence-corrected chi connectivity index (χ3v) is 7.46. The minimum atomic E-state index is -0.0268. The summed E-state index contributed by atoms with van der Waals surface area (Å²) in [5.41, 5.74) is 2.07. The van der Waals surface area contributed by atoms with Crippen LogP contribution in [0, 0.1) is 0 Å². The van der Waals surface area contributed by atoms with Gasteiger partial charge in [0.05, 0.1) is 19.0 Å². The van der Waals surface area contributed by atoms with Crippen LogP contribution < -0.4 is 5.32 Å². The zero-order valence-electron chi connectivity index (χ0n) is 17.9. The van der Waals surface area contributed by atoms with Crippen molar-refractivity contribution in [3.8, 4) is 0 Å². The van der Waals surface area contributed by atoms with E-state index in [-0.39, 0.29) is 5.91 Å². The number of amides is 1. The van der Waals surface area contributed by atoms with Crippen molar-refractivity contribution >= 4 is 34.7 Å². The molecule has 0 unspecified atom stereocenters. The van der Waals surface area contributed by atoms with Crippen LogP contribution in [0.1, 0.15) is 35.1 Å². The van der Waals surface area contributed by atoms with Gasteiger partial charge in [0.2, 0.25) is 5.91 Å². The number of nitrogens with one attached hydrogen (secondary N) is 1. The number of ether oxygens (including phenoxy) is 1. The number of thioether (sulfide) groups is 1. The molecule has 2 aromatic heterocycles. The van der Waals surface area contributed by atoms with Crippen LogP contribution in [0.25, 0.3) is 0 Å². The van der Waals surface area contributed by atoms with Gasteiger partial charge >= 0.3 is 0 Å². The van der Waals surface area contributed by atoms with Crippen molar-refractivity contribution in [3.05, 3.63) is 58.0 Å². The maximum atomic E-state index is 12.5. The van der Waals surface area contributed by atoms with Crippen molar-refractivity contribution in [1.29, 1.82) is 0 Å². The van der Waals surface area contributed by atoms with Crippen molar-refractivity contribution in [3.63, 3.8) is 0 Å². The van der Waals surface area contributed by atoms with Crippen LogP contribution in [0.5, 0.6) is 0 Å². The molecule has 0 atom stereocenters. The molecule has 3 aromatic rings. The zero-order valence-corrected chi connectivity index (χ0v) is 19.5. The summed E-state index contributed by atoms with van der Waals surface area (Å²) in [6, 6.07) is 12.8. The lowest BCUT2D eigenvalue weighted by Crippen LogP contribution is -2.35. The molecule has 2 aliphatic rings. The number of rotatable bonds is 9. The van der Waals surface area contributed by atoms with Gasteiger partial charge in [0, 0.05) is 42.7 Å². The van der Waals surface area contributed by atoms with E-state index in [1.807, 2.05) is 12.1 Å². The van der Waals surface area contributed by atoms with Crippen molar-refractivity contribution in [2.45, 2.75) is 37.0 Å². The summed E-state index contributed by atoms with van der Waals surface area (Å²) in [5, 5.41) is 14.7. The molecule has 9 heteroatoms. The lowest BCUT2D eigenvalue weighted by atomic mass is 10.2. The van der Waals surface area contributed by atoms with Crippen LogP contribution in [-0.2, 0) is 22.5 Å². The van der Waals surface area contributed by atoms with Crippen molar-refractivity contribution < 1.29 is 9.53 Å². The van der Waals surface area contributed by atoms with Gasteiger partial charge in [-0.25, -0.2) is 0 Å². The molecular formula is C23H27N5O2S2. The maximum Gasteiger partial charge on any atom is 0.234 e. The van der Waals surface area contributed by atoms with E-state index in [0.717, 1.165) is 68.8 Å². The average Bonchev–Trinajstić information content (AvgIpc) is 3.36. The molecule has 1 saturated heterocycles. The fourth-order valence-electron chi connectivity index (χ4n) is 3.83. The first kappa shape index (κ1) is 21.6. The second-order valence-corrected chi connectivity index (χ2v) is 10.2. The minimum absolute atomic E-state index is 0.0268. The number of benzene rings is 1. The second-order valence-electron chi connectivity index (χ2n) is 8.18. The Balaban J connectivity index is 1.14. The summed E-state index contributed by atoms with van der Waals surface area (Å²) in [4.78, 5) is 16.2. The highest BCUT2D eigenvalue weighted by Crippen LogP contribution is 2.39. The molecule has 0 radical (unpaired) electrons. The number of morpholine rings is 1. The van der Waals surface area contributed by atoms with Gasteiger partial charge in [0.1, 0.15) is 5.82 Å². The standard InChI is InChI=1S/C23H27N5O2S2/c29-22(24-18-5-3-17(4-6-18)15-27-9-11-30-12-10-27)16-32-23-26-25-21(28(23)19-7-8-19)14-20-2-1-13-31-20/h1-6,13,19H,7-12,14-16H2,(H,24,29). The summed E-state index contributed by atoms with van der Waals surface area (Å²) in [5.74, 6) is 1.29. The summed E-state index contributed by atoms with van der Waals surface area (Å²) >= 11 is 3.20. The highest BCUT2D eigenvalue weighted by Gasteiger charge is 2.30. The Labute approximate surface area is 196 Å². The first-order valence-corrected chi connectivity index (χ1v) is 12.9. The molecule has 7 nitrogen and oxygen atoms in total. The molecule has 1 aliphatic heterocycles. The highest BCUT2D eigenvalue weighted by atomic mass is 32.2. The van der Waals surface area contributed by atoms with Crippen molar-refractivity contribution in [2.24, 2.45) is 0 Å². The zero-order chi connectivity index (χ0) is 21.8. The monoisotopic (exact) mass is 469 g/mol. The van der Waals surface area contributed by atoms with Gasteiger partial charge < -0.3 is 14.6 Å². The molecule has 5 rings (SSSR count). The van der Waals surface area contributed by atoms with E-state index in [2.05, 4.69) is 54.6 Å². The lowest BCUT2D eigenvalue weighted by molar-refractivity contribution is -0.113. The normalized spacial score (nSPS) is 16.9. The predicted molar refractivity (Wildman–Crippen MR) is 127 cm³/mol. The molecule has 3 heterocycles. The first-order chi connectivity index (χ1) is 15.7. The number of carbonyl (C=O) groups is 1. The van der Waals surface area contributed by atoms with Gasteiger partial charge in [-0.2, -0.15) is 0 Å². The molecule has 0 spiro atoms. The molecule has 1 aromatic carbocycles. The maximum absolute atomic E-state index is 12.5. The first-order valence-electron chi connectivity index (χ1n) is 11.0. The van der Waals surface area contributed by atoms with Crippen LogP contribution in [0.15, 0.2) is 46.9 Å². The number of nitrogens with zero attached hydrogens (tertiary/aromatic N) is 4. The van der Waals surface area contributed by atoms with Gasteiger partial charge in [-0.15, -0.1) is 21.5 Å². The number of aromatic nitrogens is 3. The van der Waals surface area contributed by atoms with Gasteiger partial charge in [0.15, 0.2) is 5.16 Å². The second kappa shape index (κ2) is 10.2. The van der Waals surface area contributed by atoms with Crippen LogP contribution in [-0.4, -0.2) is 57.6 Å². The van der Waals surface area contributed by atoms with E-state index in [1.165, 1.54) is 22.2 Å².